The molecule has 3 nitrogen and oxygen atoms in total. The molecule has 4 heteroatoms. The van der Waals surface area contributed by atoms with Crippen LogP contribution >= 0.6 is 7.14 Å². The lowest BCUT2D eigenvalue weighted by Crippen LogP contribution is -2.33. The molecule has 0 N–H and O–H groups in total. The van der Waals surface area contributed by atoms with E-state index in [1.807, 2.05) is 67.6 Å². The largest absolute Gasteiger partial charge is 0.465 e. The Kier molecular flexibility index (Phi) is 6.18. The van der Waals surface area contributed by atoms with Gasteiger partial charge in [-0.05, 0) is 13.3 Å². The van der Waals surface area contributed by atoms with Crippen LogP contribution < -0.4 is 10.6 Å². The molecule has 0 radical (unpaired) electrons. The molecule has 1 atom stereocenters. The van der Waals surface area contributed by atoms with Gasteiger partial charge >= 0.3 is 5.97 Å². The summed E-state index contributed by atoms with van der Waals surface area (Å²) in [6.07, 6.45) is 1.31. The second kappa shape index (κ2) is 8.12. The number of hydrogen-bond donors (Lipinski definition) is 0. The quantitative estimate of drug-likeness (QED) is 0.574. The van der Waals surface area contributed by atoms with Gasteiger partial charge in [-0.1, -0.05) is 74.0 Å². The van der Waals surface area contributed by atoms with Gasteiger partial charge in [-0.2, -0.15) is 0 Å². The number of benzene rings is 2. The van der Waals surface area contributed by atoms with Crippen LogP contribution in [0.25, 0.3) is 0 Å². The van der Waals surface area contributed by atoms with Crippen molar-refractivity contribution in [2.45, 2.75) is 32.3 Å². The summed E-state index contributed by atoms with van der Waals surface area (Å²) >= 11 is 0. The van der Waals surface area contributed by atoms with Crippen molar-refractivity contribution < 1.29 is 14.1 Å². The highest BCUT2D eigenvalue weighted by Crippen LogP contribution is 2.50. The smallest absolute Gasteiger partial charge is 0.317 e. The molecule has 0 aliphatic rings. The maximum Gasteiger partial charge on any atom is 0.317 e. The second-order valence-corrected chi connectivity index (χ2v) is 8.36. The van der Waals surface area contributed by atoms with Crippen LogP contribution in [-0.4, -0.2) is 18.2 Å². The molecule has 0 amide bonds. The van der Waals surface area contributed by atoms with Crippen molar-refractivity contribution in [2.75, 3.05) is 6.61 Å². The summed E-state index contributed by atoms with van der Waals surface area (Å²) in [6, 6.07) is 18.6. The van der Waals surface area contributed by atoms with Gasteiger partial charge in [-0.25, -0.2) is 0 Å². The minimum atomic E-state index is -3.11. The number of hydrogen-bond acceptors (Lipinski definition) is 3. The van der Waals surface area contributed by atoms with E-state index in [0.29, 0.717) is 23.6 Å². The minimum absolute atomic E-state index is 0.294. The van der Waals surface area contributed by atoms with Gasteiger partial charge in [0.25, 0.3) is 0 Å². The average Bonchev–Trinajstić information content (AvgIpc) is 2.60. The predicted molar refractivity (Wildman–Crippen MR) is 95.1 cm³/mol. The van der Waals surface area contributed by atoms with Gasteiger partial charge in [0.1, 0.15) is 5.66 Å². The molecule has 0 aliphatic carbocycles. The molecule has 2 aromatic rings. The van der Waals surface area contributed by atoms with Gasteiger partial charge in [0.05, 0.1) is 6.61 Å². The normalized spacial score (nSPS) is 12.6. The third-order valence-electron chi connectivity index (χ3n) is 3.84. The standard InChI is InChI=1S/C19H23O3P/c1-3-11-18(19(20)22-4-2)23(21,16-12-7-5-8-13-16)17-14-9-6-10-15-17/h5-10,12-15,18H,3-4,11H2,1-2H3/t18-/m0/s1. The van der Waals surface area contributed by atoms with Gasteiger partial charge in [0.15, 0.2) is 7.14 Å². The predicted octanol–water partition coefficient (Wildman–Crippen LogP) is 3.73. The Bertz CT molecular complexity index is 624. The lowest BCUT2D eigenvalue weighted by atomic mass is 10.2. The van der Waals surface area contributed by atoms with Crippen molar-refractivity contribution in [2.24, 2.45) is 0 Å². The number of ether oxygens (including phenoxy) is 1. The maximum absolute atomic E-state index is 14.1. The van der Waals surface area contributed by atoms with Crippen LogP contribution in [0, 0.1) is 0 Å². The van der Waals surface area contributed by atoms with Crippen molar-refractivity contribution in [3.8, 4) is 0 Å². The third-order valence-corrected chi connectivity index (χ3v) is 7.32. The Morgan fingerprint density at radius 3 is 1.83 bits per heavy atom. The molecule has 0 saturated heterocycles. The van der Waals surface area contributed by atoms with Crippen LogP contribution in [0.4, 0.5) is 0 Å². The lowest BCUT2D eigenvalue weighted by Gasteiger charge is -2.27. The fourth-order valence-corrected chi connectivity index (χ4v) is 6.01. The minimum Gasteiger partial charge on any atom is -0.465 e. The van der Waals surface area contributed by atoms with Crippen LogP contribution in [0.3, 0.4) is 0 Å². The van der Waals surface area contributed by atoms with Gasteiger partial charge in [0.2, 0.25) is 0 Å². The van der Waals surface area contributed by atoms with Crippen molar-refractivity contribution in [3.05, 3.63) is 60.7 Å². The molecule has 0 spiro atoms. The molecule has 0 aliphatic heterocycles. The molecule has 0 heterocycles. The fraction of sp³-hybridized carbons (Fsp3) is 0.316. The Labute approximate surface area is 138 Å². The van der Waals surface area contributed by atoms with Crippen LogP contribution in [0.5, 0.6) is 0 Å². The zero-order valence-corrected chi connectivity index (χ0v) is 14.5. The van der Waals surface area contributed by atoms with Crippen molar-refractivity contribution in [3.63, 3.8) is 0 Å². The van der Waals surface area contributed by atoms with E-state index in [1.54, 1.807) is 6.92 Å². The highest BCUT2D eigenvalue weighted by molar-refractivity contribution is 7.80. The number of carbonyl (C=O) groups excluding carboxylic acids is 1. The molecule has 0 saturated carbocycles. The van der Waals surface area contributed by atoms with E-state index in [9.17, 15) is 9.36 Å². The van der Waals surface area contributed by atoms with E-state index >= 15 is 0 Å². The summed E-state index contributed by atoms with van der Waals surface area (Å²) in [5.41, 5.74) is -0.641. The maximum atomic E-state index is 14.1. The van der Waals surface area contributed by atoms with Gasteiger partial charge in [-0.3, -0.25) is 4.79 Å². The van der Waals surface area contributed by atoms with E-state index < -0.39 is 12.8 Å². The molecule has 0 aromatic heterocycles. The number of rotatable bonds is 7. The Morgan fingerprint density at radius 2 is 1.43 bits per heavy atom. The first kappa shape index (κ1) is 17.5. The first-order valence-corrected chi connectivity index (χ1v) is 9.79. The highest BCUT2D eigenvalue weighted by atomic mass is 31.2. The SMILES string of the molecule is CCC[C@@H](C(=O)OCC)P(=O)(c1ccccc1)c1ccccc1. The Hall–Kier alpha value is -1.86. The Balaban J connectivity index is 2.61. The van der Waals surface area contributed by atoms with E-state index in [2.05, 4.69) is 0 Å². The van der Waals surface area contributed by atoms with E-state index in [4.69, 9.17) is 4.74 Å². The van der Waals surface area contributed by atoms with E-state index in [-0.39, 0.29) is 5.97 Å². The van der Waals surface area contributed by atoms with Crippen LogP contribution in [0.2, 0.25) is 0 Å². The molecule has 0 fully saturated rings. The van der Waals surface area contributed by atoms with Gasteiger partial charge < -0.3 is 9.30 Å². The molecule has 122 valence electrons. The summed E-state index contributed by atoms with van der Waals surface area (Å²) in [4.78, 5) is 12.5. The summed E-state index contributed by atoms with van der Waals surface area (Å²) in [7, 11) is -3.11. The Morgan fingerprint density at radius 1 is 0.957 bits per heavy atom. The zero-order valence-electron chi connectivity index (χ0n) is 13.6. The lowest BCUT2D eigenvalue weighted by molar-refractivity contribution is -0.142. The van der Waals surface area contributed by atoms with Crippen molar-refractivity contribution >= 4 is 23.7 Å². The molecule has 23 heavy (non-hydrogen) atoms. The van der Waals surface area contributed by atoms with Gasteiger partial charge in [-0.15, -0.1) is 0 Å². The monoisotopic (exact) mass is 330 g/mol. The molecule has 0 bridgehead atoms. The fourth-order valence-electron chi connectivity index (χ4n) is 2.77. The third kappa shape index (κ3) is 3.73. The molecular weight excluding hydrogens is 307 g/mol. The molecule has 0 unspecified atom stereocenters. The van der Waals surface area contributed by atoms with Crippen molar-refractivity contribution in [1.29, 1.82) is 0 Å². The summed E-state index contributed by atoms with van der Waals surface area (Å²) in [5, 5.41) is 1.41. The number of esters is 1. The molecular formula is C19H23O3P. The first-order valence-electron chi connectivity index (χ1n) is 8.02. The van der Waals surface area contributed by atoms with Crippen LogP contribution in [0.15, 0.2) is 60.7 Å². The summed E-state index contributed by atoms with van der Waals surface area (Å²) in [5.74, 6) is -0.370. The molecule has 2 rings (SSSR count). The first-order chi connectivity index (χ1) is 11.1. The zero-order chi connectivity index (χ0) is 16.7. The second-order valence-electron chi connectivity index (χ2n) is 5.39. The molecule has 2 aromatic carbocycles. The summed E-state index contributed by atoms with van der Waals surface area (Å²) in [6.45, 7) is 4.06. The van der Waals surface area contributed by atoms with Crippen molar-refractivity contribution in [1.82, 2.24) is 0 Å². The topological polar surface area (TPSA) is 43.4 Å². The van der Waals surface area contributed by atoms with E-state index in [1.165, 1.54) is 0 Å². The van der Waals surface area contributed by atoms with E-state index in [0.717, 1.165) is 6.42 Å². The van der Waals surface area contributed by atoms with Gasteiger partial charge in [0, 0.05) is 10.6 Å². The highest BCUT2D eigenvalue weighted by Gasteiger charge is 2.41. The number of carbonyl (C=O) groups is 1. The van der Waals surface area contributed by atoms with Crippen LogP contribution in [-0.2, 0) is 14.1 Å². The van der Waals surface area contributed by atoms with Crippen LogP contribution in [0.1, 0.15) is 26.7 Å². The summed E-state index contributed by atoms with van der Waals surface area (Å²) < 4.78 is 19.4. The average molecular weight is 330 g/mol.